The molecular formula is C66H126O8Zn. The van der Waals surface area contributed by atoms with Gasteiger partial charge in [0.15, 0.2) is 0 Å². The third kappa shape index (κ3) is 68.6. The van der Waals surface area contributed by atoms with Gasteiger partial charge in [-0.3, -0.25) is 9.59 Å². The average molecular weight is 1110 g/mol. The summed E-state index contributed by atoms with van der Waals surface area (Å²) in [4.78, 5) is 45.8. The standard InChI is InChI=1S/2C33H64O4.Zn/c2*1-3-5-7-9-10-11-12-13-14-19-22-26-30-33(36)37-31(27-23-8-6-4-2)28-24-20-17-15-16-18-21-25-29-32(34)35;/h2*31H,3-30H2,1-2H3,(H,34,35);/q;;+2/p-2. The Morgan fingerprint density at radius 1 is 0.253 bits per heavy atom. The molecule has 0 aromatic rings. The number of ether oxygens (including phenoxy) is 2. The molecule has 75 heavy (non-hydrogen) atoms. The topological polar surface area (TPSA) is 133 Å². The zero-order chi connectivity index (χ0) is 54.5. The van der Waals surface area contributed by atoms with Crippen molar-refractivity contribution in [2.24, 2.45) is 0 Å². The van der Waals surface area contributed by atoms with Crippen molar-refractivity contribution in [1.29, 1.82) is 0 Å². The summed E-state index contributed by atoms with van der Waals surface area (Å²) in [5.41, 5.74) is 0. The minimum atomic E-state index is -0.931. The van der Waals surface area contributed by atoms with Crippen LogP contribution < -0.4 is 10.2 Å². The van der Waals surface area contributed by atoms with E-state index in [1.807, 2.05) is 0 Å². The van der Waals surface area contributed by atoms with E-state index in [9.17, 15) is 29.4 Å². The first-order chi connectivity index (χ1) is 36.2. The molecule has 0 N–H and O–H groups in total. The van der Waals surface area contributed by atoms with Crippen LogP contribution in [0.2, 0.25) is 0 Å². The van der Waals surface area contributed by atoms with Crippen molar-refractivity contribution in [3.05, 3.63) is 0 Å². The van der Waals surface area contributed by atoms with Crippen molar-refractivity contribution in [2.75, 3.05) is 0 Å². The minimum absolute atomic E-state index is 0. The summed E-state index contributed by atoms with van der Waals surface area (Å²) in [6.45, 7) is 9.01. The first-order valence-corrected chi connectivity index (χ1v) is 33.0. The zero-order valence-corrected chi connectivity index (χ0v) is 53.7. The van der Waals surface area contributed by atoms with Gasteiger partial charge in [-0.1, -0.05) is 285 Å². The van der Waals surface area contributed by atoms with Crippen LogP contribution in [0.15, 0.2) is 0 Å². The van der Waals surface area contributed by atoms with Crippen molar-refractivity contribution in [2.45, 2.75) is 399 Å². The first kappa shape index (κ1) is 77.7. The smallest absolute Gasteiger partial charge is 0.550 e. The maximum atomic E-state index is 12.5. The molecule has 440 valence electrons. The molecule has 0 amide bonds. The van der Waals surface area contributed by atoms with Gasteiger partial charge in [0.2, 0.25) is 0 Å². The molecule has 2 atom stereocenters. The van der Waals surface area contributed by atoms with Gasteiger partial charge in [-0.05, 0) is 89.9 Å². The Kier molecular flexibility index (Phi) is 69.2. The molecule has 0 aliphatic carbocycles. The summed E-state index contributed by atoms with van der Waals surface area (Å²) in [6, 6.07) is 0. The third-order valence-corrected chi connectivity index (χ3v) is 15.1. The van der Waals surface area contributed by atoms with Gasteiger partial charge in [-0.15, -0.1) is 0 Å². The van der Waals surface area contributed by atoms with E-state index in [0.29, 0.717) is 12.8 Å². The van der Waals surface area contributed by atoms with Crippen molar-refractivity contribution in [3.63, 3.8) is 0 Å². The fraction of sp³-hybridized carbons (Fsp3) is 0.939. The van der Waals surface area contributed by atoms with E-state index in [1.54, 1.807) is 0 Å². The maximum Gasteiger partial charge on any atom is 2.00 e. The SMILES string of the molecule is CCCCCCCCCCCCCCC(=O)OC(CCCCCC)CCCCCCCCCCC(=O)[O-].CCCCCCCCCCCCCCC(=O)OC(CCCCCC)CCCCCCCCCCC(=O)[O-].[Zn+2]. The van der Waals surface area contributed by atoms with Gasteiger partial charge in [0.05, 0.1) is 0 Å². The van der Waals surface area contributed by atoms with Crippen LogP contribution in [-0.4, -0.2) is 36.1 Å². The Labute approximate surface area is 479 Å². The summed E-state index contributed by atoms with van der Waals surface area (Å²) in [6.07, 6.45) is 64.6. The van der Waals surface area contributed by atoms with E-state index in [0.717, 1.165) is 116 Å². The summed E-state index contributed by atoms with van der Waals surface area (Å²) in [7, 11) is 0. The number of hydrogen-bond donors (Lipinski definition) is 0. The monoisotopic (exact) mass is 1110 g/mol. The van der Waals surface area contributed by atoms with Gasteiger partial charge in [-0.25, -0.2) is 0 Å². The molecule has 0 aromatic carbocycles. The van der Waals surface area contributed by atoms with Crippen molar-refractivity contribution < 1.29 is 58.3 Å². The van der Waals surface area contributed by atoms with E-state index >= 15 is 0 Å². The van der Waals surface area contributed by atoms with Crippen molar-refractivity contribution in [1.82, 2.24) is 0 Å². The van der Waals surface area contributed by atoms with Crippen LogP contribution in [0, 0.1) is 0 Å². The second-order valence-corrected chi connectivity index (χ2v) is 22.7. The molecule has 0 bridgehead atoms. The van der Waals surface area contributed by atoms with Crippen molar-refractivity contribution in [3.8, 4) is 0 Å². The Bertz CT molecular complexity index is 1080. The minimum Gasteiger partial charge on any atom is -0.550 e. The molecule has 0 rings (SSSR count). The number of carboxylic acid groups (broad SMARTS) is 2. The molecule has 0 heterocycles. The fourth-order valence-electron chi connectivity index (χ4n) is 10.2. The number of carboxylic acids is 2. The van der Waals surface area contributed by atoms with Gasteiger partial charge in [0, 0.05) is 24.8 Å². The molecule has 0 spiro atoms. The van der Waals surface area contributed by atoms with Crippen LogP contribution in [0.25, 0.3) is 0 Å². The van der Waals surface area contributed by atoms with Gasteiger partial charge in [-0.2, -0.15) is 0 Å². The quantitative estimate of drug-likeness (QED) is 0.0334. The molecule has 0 aliphatic heterocycles. The second kappa shape index (κ2) is 66.8. The van der Waals surface area contributed by atoms with E-state index < -0.39 is 11.9 Å². The molecule has 9 heteroatoms. The Hall–Kier alpha value is -1.50. The first-order valence-electron chi connectivity index (χ1n) is 33.0. The molecule has 0 aromatic heterocycles. The number of carbonyl (C=O) groups is 4. The number of esters is 2. The molecule has 0 radical (unpaired) electrons. The van der Waals surface area contributed by atoms with Gasteiger partial charge < -0.3 is 29.3 Å². The predicted octanol–water partition coefficient (Wildman–Crippen LogP) is 19.2. The second-order valence-electron chi connectivity index (χ2n) is 22.7. The number of rotatable bonds is 60. The summed E-state index contributed by atoms with van der Waals surface area (Å²) < 4.78 is 11.9. The number of aliphatic carboxylic acids is 2. The molecule has 0 aliphatic rings. The van der Waals surface area contributed by atoms with Crippen LogP contribution in [0.1, 0.15) is 387 Å². The summed E-state index contributed by atoms with van der Waals surface area (Å²) in [5, 5.41) is 20.9. The van der Waals surface area contributed by atoms with E-state index in [4.69, 9.17) is 9.47 Å². The maximum absolute atomic E-state index is 12.5. The Balaban J connectivity index is -0.00000136. The number of unbranched alkanes of at least 4 members (excludes halogenated alkanes) is 42. The van der Waals surface area contributed by atoms with E-state index in [2.05, 4.69) is 27.7 Å². The molecule has 8 nitrogen and oxygen atoms in total. The van der Waals surface area contributed by atoms with E-state index in [1.165, 1.54) is 218 Å². The number of hydrogen-bond acceptors (Lipinski definition) is 8. The summed E-state index contributed by atoms with van der Waals surface area (Å²) in [5.74, 6) is -1.83. The third-order valence-electron chi connectivity index (χ3n) is 15.1. The van der Waals surface area contributed by atoms with Crippen LogP contribution in [0.4, 0.5) is 0 Å². The van der Waals surface area contributed by atoms with Gasteiger partial charge in [0.25, 0.3) is 0 Å². The molecule has 0 saturated heterocycles. The van der Waals surface area contributed by atoms with Crippen molar-refractivity contribution >= 4 is 23.9 Å². The average Bonchev–Trinajstić information content (AvgIpc) is 3.38. The van der Waals surface area contributed by atoms with Gasteiger partial charge >= 0.3 is 31.4 Å². The van der Waals surface area contributed by atoms with E-state index in [-0.39, 0.29) is 56.5 Å². The van der Waals surface area contributed by atoms with Crippen LogP contribution in [-0.2, 0) is 48.1 Å². The van der Waals surface area contributed by atoms with Crippen LogP contribution in [0.3, 0.4) is 0 Å². The summed E-state index contributed by atoms with van der Waals surface area (Å²) >= 11 is 0. The molecule has 0 saturated carbocycles. The fourth-order valence-corrected chi connectivity index (χ4v) is 10.2. The van der Waals surface area contributed by atoms with Crippen LogP contribution >= 0.6 is 0 Å². The zero-order valence-electron chi connectivity index (χ0n) is 50.7. The largest absolute Gasteiger partial charge is 2.00 e. The molecule has 0 fully saturated rings. The Morgan fingerprint density at radius 2 is 0.413 bits per heavy atom. The van der Waals surface area contributed by atoms with Crippen LogP contribution in [0.5, 0.6) is 0 Å². The molecular weight excluding hydrogens is 986 g/mol. The van der Waals surface area contributed by atoms with Gasteiger partial charge in [0.1, 0.15) is 12.2 Å². The predicted molar refractivity (Wildman–Crippen MR) is 311 cm³/mol. The normalized spacial score (nSPS) is 11.9. The Morgan fingerprint density at radius 3 is 0.613 bits per heavy atom. The number of carbonyl (C=O) groups excluding carboxylic acids is 4. The molecule has 2 unspecified atom stereocenters.